The van der Waals surface area contributed by atoms with E-state index < -0.39 is 0 Å². The van der Waals surface area contributed by atoms with Crippen LogP contribution >= 0.6 is 0 Å². The van der Waals surface area contributed by atoms with Crippen molar-refractivity contribution in [3.63, 3.8) is 0 Å². The van der Waals surface area contributed by atoms with E-state index in [9.17, 15) is 4.79 Å². The van der Waals surface area contributed by atoms with Gasteiger partial charge in [-0.2, -0.15) is 0 Å². The Morgan fingerprint density at radius 1 is 1.35 bits per heavy atom. The van der Waals surface area contributed by atoms with Crippen molar-refractivity contribution in [2.45, 2.75) is 47.0 Å². The lowest BCUT2D eigenvalue weighted by Gasteiger charge is -2.21. The Bertz CT molecular complexity index is 445. The molecule has 1 rings (SSSR count). The van der Waals surface area contributed by atoms with Crippen molar-refractivity contribution < 1.29 is 4.79 Å². The van der Waals surface area contributed by atoms with E-state index in [0.717, 1.165) is 25.2 Å². The molecule has 0 fully saturated rings. The maximum absolute atomic E-state index is 12.6. The van der Waals surface area contributed by atoms with Crippen LogP contribution < -0.4 is 5.32 Å². The lowest BCUT2D eigenvalue weighted by Crippen LogP contribution is -2.33. The number of hydrogen-bond acceptors (Lipinski definition) is 4. The van der Waals surface area contributed by atoms with Crippen LogP contribution in [0.3, 0.4) is 0 Å². The zero-order valence-corrected chi connectivity index (χ0v) is 13.2. The van der Waals surface area contributed by atoms with Gasteiger partial charge in [-0.25, -0.2) is 9.97 Å². The molecule has 5 nitrogen and oxygen atoms in total. The van der Waals surface area contributed by atoms with E-state index in [1.165, 1.54) is 0 Å². The van der Waals surface area contributed by atoms with Crippen molar-refractivity contribution in [3.8, 4) is 0 Å². The van der Waals surface area contributed by atoms with E-state index in [2.05, 4.69) is 22.2 Å². The van der Waals surface area contributed by atoms with Gasteiger partial charge in [0, 0.05) is 25.6 Å². The molecule has 0 atom stereocenters. The summed E-state index contributed by atoms with van der Waals surface area (Å²) in [6.45, 7) is 12.3. The van der Waals surface area contributed by atoms with E-state index in [1.807, 2.05) is 32.6 Å². The highest BCUT2D eigenvalue weighted by molar-refractivity contribution is 5.97. The highest BCUT2D eigenvalue weighted by Gasteiger charge is 2.20. The monoisotopic (exact) mass is 278 g/mol. The molecule has 0 unspecified atom stereocenters. The quantitative estimate of drug-likeness (QED) is 0.833. The van der Waals surface area contributed by atoms with Crippen LogP contribution in [0.2, 0.25) is 0 Å². The molecule has 1 N–H and O–H groups in total. The number of nitrogens with zero attached hydrogens (tertiary/aromatic N) is 3. The summed E-state index contributed by atoms with van der Waals surface area (Å²) in [6.07, 6.45) is 2.66. The van der Waals surface area contributed by atoms with E-state index in [4.69, 9.17) is 0 Å². The minimum Gasteiger partial charge on any atom is -0.382 e. The molecule has 0 aliphatic heterocycles. The van der Waals surface area contributed by atoms with Crippen LogP contribution in [-0.4, -0.2) is 40.4 Å². The fraction of sp³-hybridized carbons (Fsp3) is 0.667. The molecule has 20 heavy (non-hydrogen) atoms. The third-order valence-electron chi connectivity index (χ3n) is 3.06. The van der Waals surface area contributed by atoms with Gasteiger partial charge in [-0.05, 0) is 20.3 Å². The van der Waals surface area contributed by atoms with Gasteiger partial charge >= 0.3 is 0 Å². The summed E-state index contributed by atoms with van der Waals surface area (Å²) in [6, 6.07) is 0. The number of nitrogens with one attached hydrogen (secondary N) is 1. The largest absolute Gasteiger partial charge is 0.382 e. The second-order valence-corrected chi connectivity index (χ2v) is 5.06. The average Bonchev–Trinajstić information content (AvgIpc) is 2.44. The van der Waals surface area contributed by atoms with Crippen LogP contribution in [0.4, 0.5) is 5.69 Å². The first-order valence-corrected chi connectivity index (χ1v) is 7.45. The molecule has 5 heteroatoms. The van der Waals surface area contributed by atoms with Crippen LogP contribution in [0.25, 0.3) is 0 Å². The molecule has 0 aliphatic rings. The predicted molar refractivity (Wildman–Crippen MR) is 82.2 cm³/mol. The van der Waals surface area contributed by atoms with Crippen molar-refractivity contribution in [1.29, 1.82) is 0 Å². The van der Waals surface area contributed by atoms with Gasteiger partial charge in [0.1, 0.15) is 5.82 Å². The van der Waals surface area contributed by atoms with E-state index in [1.54, 1.807) is 6.20 Å². The Hall–Kier alpha value is -1.65. The summed E-state index contributed by atoms with van der Waals surface area (Å²) in [5, 5.41) is 3.17. The Morgan fingerprint density at radius 2 is 2.05 bits per heavy atom. The summed E-state index contributed by atoms with van der Waals surface area (Å²) in [7, 11) is 0. The Labute approximate surface area is 121 Å². The van der Waals surface area contributed by atoms with Gasteiger partial charge in [-0.15, -0.1) is 0 Å². The first-order valence-electron chi connectivity index (χ1n) is 7.45. The van der Waals surface area contributed by atoms with Gasteiger partial charge in [0.2, 0.25) is 0 Å². The van der Waals surface area contributed by atoms with Gasteiger partial charge in [0.05, 0.1) is 11.9 Å². The summed E-state index contributed by atoms with van der Waals surface area (Å²) >= 11 is 0. The smallest absolute Gasteiger partial charge is 0.274 e. The molecule has 0 saturated heterocycles. The van der Waals surface area contributed by atoms with Crippen LogP contribution in [0.5, 0.6) is 0 Å². The van der Waals surface area contributed by atoms with Gasteiger partial charge in [0.25, 0.3) is 5.91 Å². The highest BCUT2D eigenvalue weighted by atomic mass is 16.2. The third kappa shape index (κ3) is 3.92. The molecule has 0 radical (unpaired) electrons. The molecule has 0 spiro atoms. The molecule has 0 bridgehead atoms. The molecular formula is C15H26N4O. The number of hydrogen-bond donors (Lipinski definition) is 1. The van der Waals surface area contributed by atoms with Crippen molar-refractivity contribution in [2.24, 2.45) is 0 Å². The maximum atomic E-state index is 12.6. The predicted octanol–water partition coefficient (Wildman–Crippen LogP) is 2.90. The standard InChI is InChI=1S/C15H26N4O/c1-6-9-19(8-3)15(20)13-12(16-7-2)10-17-14(18-13)11(4)5/h10-11,16H,6-9H2,1-5H3. The second-order valence-electron chi connectivity index (χ2n) is 5.06. The Morgan fingerprint density at radius 3 is 2.55 bits per heavy atom. The lowest BCUT2D eigenvalue weighted by molar-refractivity contribution is 0.0759. The number of carbonyl (C=O) groups is 1. The zero-order valence-electron chi connectivity index (χ0n) is 13.2. The zero-order chi connectivity index (χ0) is 15.1. The van der Waals surface area contributed by atoms with Crippen molar-refractivity contribution in [3.05, 3.63) is 17.7 Å². The summed E-state index contributed by atoms with van der Waals surface area (Å²) in [5.41, 5.74) is 1.21. The first-order chi connectivity index (χ1) is 9.54. The van der Waals surface area contributed by atoms with Crippen LogP contribution in [0.15, 0.2) is 6.20 Å². The fourth-order valence-electron chi connectivity index (χ4n) is 1.98. The highest BCUT2D eigenvalue weighted by Crippen LogP contribution is 2.18. The molecule has 1 amide bonds. The minimum absolute atomic E-state index is 0.0189. The molecule has 0 saturated carbocycles. The third-order valence-corrected chi connectivity index (χ3v) is 3.06. The van der Waals surface area contributed by atoms with Gasteiger partial charge in [-0.3, -0.25) is 4.79 Å². The minimum atomic E-state index is -0.0189. The maximum Gasteiger partial charge on any atom is 0.274 e. The number of carbonyl (C=O) groups excluding carboxylic acids is 1. The fourth-order valence-corrected chi connectivity index (χ4v) is 1.98. The summed E-state index contributed by atoms with van der Waals surface area (Å²) in [5.74, 6) is 0.899. The van der Waals surface area contributed by atoms with Crippen molar-refractivity contribution in [1.82, 2.24) is 14.9 Å². The number of amides is 1. The topological polar surface area (TPSA) is 58.1 Å². The van der Waals surface area contributed by atoms with Crippen molar-refractivity contribution >= 4 is 11.6 Å². The number of rotatable bonds is 7. The molecular weight excluding hydrogens is 252 g/mol. The molecule has 1 aromatic heterocycles. The van der Waals surface area contributed by atoms with E-state index in [0.29, 0.717) is 18.1 Å². The van der Waals surface area contributed by atoms with Crippen LogP contribution in [0.1, 0.15) is 63.3 Å². The van der Waals surface area contributed by atoms with E-state index in [-0.39, 0.29) is 11.8 Å². The van der Waals surface area contributed by atoms with E-state index >= 15 is 0 Å². The molecule has 1 aromatic rings. The van der Waals surface area contributed by atoms with Crippen LogP contribution in [-0.2, 0) is 0 Å². The van der Waals surface area contributed by atoms with Gasteiger partial charge < -0.3 is 10.2 Å². The van der Waals surface area contributed by atoms with Gasteiger partial charge in [-0.1, -0.05) is 20.8 Å². The van der Waals surface area contributed by atoms with Crippen LogP contribution in [0, 0.1) is 0 Å². The van der Waals surface area contributed by atoms with Crippen molar-refractivity contribution in [2.75, 3.05) is 25.0 Å². The Balaban J connectivity index is 3.16. The molecule has 1 heterocycles. The van der Waals surface area contributed by atoms with Gasteiger partial charge in [0.15, 0.2) is 5.69 Å². The second kappa shape index (κ2) is 7.82. The summed E-state index contributed by atoms with van der Waals surface area (Å²) in [4.78, 5) is 23.3. The molecule has 112 valence electrons. The SMILES string of the molecule is CCCN(CC)C(=O)c1nc(C(C)C)ncc1NCC. The first kappa shape index (κ1) is 16.4. The average molecular weight is 278 g/mol. The Kier molecular flexibility index (Phi) is 6.42. The lowest BCUT2D eigenvalue weighted by atomic mass is 10.2. The molecule has 0 aromatic carbocycles. The number of aromatic nitrogens is 2. The summed E-state index contributed by atoms with van der Waals surface area (Å²) < 4.78 is 0. The normalized spacial score (nSPS) is 10.7. The number of anilines is 1. The molecule has 0 aliphatic carbocycles.